The van der Waals surface area contributed by atoms with Crippen LogP contribution in [0.1, 0.15) is 31.7 Å². The molecule has 1 aliphatic heterocycles. The van der Waals surface area contributed by atoms with Gasteiger partial charge in [0.1, 0.15) is 11.3 Å². The van der Waals surface area contributed by atoms with Crippen molar-refractivity contribution in [2.24, 2.45) is 0 Å². The number of fused-ring (bicyclic) bond motifs is 1. The van der Waals surface area contributed by atoms with Crippen LogP contribution in [0.5, 0.6) is 0 Å². The molecule has 4 rings (SSSR count). The van der Waals surface area contributed by atoms with E-state index in [-0.39, 0.29) is 5.91 Å². The molecule has 0 spiro atoms. The number of carbonyl (C=O) groups is 1. The van der Waals surface area contributed by atoms with Crippen molar-refractivity contribution >= 4 is 17.1 Å². The van der Waals surface area contributed by atoms with Crippen LogP contribution in [0, 0.1) is 0 Å². The lowest BCUT2D eigenvalue weighted by atomic mass is 10.1. The molecule has 170 valence electrons. The van der Waals surface area contributed by atoms with Crippen LogP contribution >= 0.6 is 0 Å². The zero-order valence-electron chi connectivity index (χ0n) is 19.3. The lowest BCUT2D eigenvalue weighted by Crippen LogP contribution is -2.46. The molecule has 3 heterocycles. The molecule has 0 atom stereocenters. The predicted octanol–water partition coefficient (Wildman–Crippen LogP) is 2.67. The molecule has 0 radical (unpaired) electrons. The summed E-state index contributed by atoms with van der Waals surface area (Å²) >= 11 is 0. The van der Waals surface area contributed by atoms with Gasteiger partial charge in [0, 0.05) is 51.0 Å². The van der Waals surface area contributed by atoms with Crippen LogP contribution in [-0.2, 0) is 17.6 Å². The Morgan fingerprint density at radius 1 is 1.03 bits per heavy atom. The van der Waals surface area contributed by atoms with E-state index in [1.807, 2.05) is 36.4 Å². The quantitative estimate of drug-likeness (QED) is 0.525. The Kier molecular flexibility index (Phi) is 7.50. The van der Waals surface area contributed by atoms with E-state index in [1.165, 1.54) is 0 Å². The van der Waals surface area contributed by atoms with E-state index in [0.29, 0.717) is 6.42 Å². The number of piperazine rings is 1. The Balaban J connectivity index is 1.27. The summed E-state index contributed by atoms with van der Waals surface area (Å²) in [6, 6.07) is 12.0. The zero-order chi connectivity index (χ0) is 22.3. The smallest absolute Gasteiger partial charge is 0.224 e. The Bertz CT molecular complexity index is 1020. The van der Waals surface area contributed by atoms with E-state index in [0.717, 1.165) is 86.9 Å². The summed E-state index contributed by atoms with van der Waals surface area (Å²) in [4.78, 5) is 26.6. The lowest BCUT2D eigenvalue weighted by molar-refractivity contribution is -0.120. The number of rotatable bonds is 9. The first-order chi connectivity index (χ1) is 15.7. The number of likely N-dealkylation sites (N-methyl/N-ethyl adjacent to an activating group) is 1. The van der Waals surface area contributed by atoms with Gasteiger partial charge in [-0.15, -0.1) is 0 Å². The van der Waals surface area contributed by atoms with Crippen LogP contribution < -0.4 is 5.32 Å². The second kappa shape index (κ2) is 10.7. The molecule has 1 fully saturated rings. The Labute approximate surface area is 190 Å². The van der Waals surface area contributed by atoms with Crippen molar-refractivity contribution in [1.29, 1.82) is 0 Å². The summed E-state index contributed by atoms with van der Waals surface area (Å²) in [5, 5.41) is 3.07. The van der Waals surface area contributed by atoms with E-state index >= 15 is 0 Å². The first kappa shape index (κ1) is 22.4. The van der Waals surface area contributed by atoms with Crippen molar-refractivity contribution in [2.75, 3.05) is 45.8 Å². The summed E-state index contributed by atoms with van der Waals surface area (Å²) < 4.78 is 2.10. The number of pyridine rings is 1. The normalized spacial score (nSPS) is 15.3. The fourth-order valence-corrected chi connectivity index (χ4v) is 4.34. The molecule has 2 aromatic heterocycles. The topological polar surface area (TPSA) is 66.3 Å². The molecular formula is C25H34N6O. The third-order valence-corrected chi connectivity index (χ3v) is 6.25. The predicted molar refractivity (Wildman–Crippen MR) is 128 cm³/mol. The van der Waals surface area contributed by atoms with Crippen molar-refractivity contribution in [1.82, 2.24) is 29.7 Å². The minimum Gasteiger partial charge on any atom is -0.356 e. The Hall–Kier alpha value is -2.77. The van der Waals surface area contributed by atoms with Gasteiger partial charge in [-0.1, -0.05) is 26.0 Å². The number of imidazole rings is 1. The number of nitrogens with zero attached hydrogens (tertiary/aromatic N) is 5. The van der Waals surface area contributed by atoms with Crippen LogP contribution in [0.3, 0.4) is 0 Å². The maximum Gasteiger partial charge on any atom is 0.224 e. The van der Waals surface area contributed by atoms with Crippen molar-refractivity contribution in [2.45, 2.75) is 33.1 Å². The molecular weight excluding hydrogens is 400 g/mol. The van der Waals surface area contributed by atoms with Crippen LogP contribution in [-0.4, -0.2) is 76.1 Å². The summed E-state index contributed by atoms with van der Waals surface area (Å²) in [7, 11) is 0. The van der Waals surface area contributed by atoms with Crippen LogP contribution in [0.4, 0.5) is 0 Å². The molecule has 1 aliphatic rings. The average Bonchev–Trinajstić information content (AvgIpc) is 3.21. The van der Waals surface area contributed by atoms with E-state index in [2.05, 4.69) is 38.5 Å². The first-order valence-electron chi connectivity index (χ1n) is 11.8. The van der Waals surface area contributed by atoms with Gasteiger partial charge >= 0.3 is 0 Å². The average molecular weight is 435 g/mol. The molecule has 7 heteroatoms. The standard InChI is InChI=1S/C25H34N6O/c1-3-23-28-22-7-5-12-27-25(22)31(23)21-10-8-20(9-11-21)19-24(32)26-13-6-14-30-17-15-29(4-2)16-18-30/h5,7-12H,3-4,6,13-19H2,1-2H3,(H,26,32). The number of amides is 1. The van der Waals surface area contributed by atoms with Gasteiger partial charge in [0.05, 0.1) is 6.42 Å². The molecule has 1 amide bonds. The molecule has 0 saturated carbocycles. The highest BCUT2D eigenvalue weighted by Gasteiger charge is 2.15. The molecule has 0 bridgehead atoms. The van der Waals surface area contributed by atoms with E-state index < -0.39 is 0 Å². The molecule has 1 aromatic carbocycles. The maximum absolute atomic E-state index is 12.4. The number of carbonyl (C=O) groups excluding carboxylic acids is 1. The number of aromatic nitrogens is 3. The minimum absolute atomic E-state index is 0.0811. The van der Waals surface area contributed by atoms with Crippen LogP contribution in [0.25, 0.3) is 16.9 Å². The van der Waals surface area contributed by atoms with Gasteiger partial charge in [0.15, 0.2) is 5.65 Å². The van der Waals surface area contributed by atoms with Crippen molar-refractivity contribution < 1.29 is 4.79 Å². The van der Waals surface area contributed by atoms with Crippen molar-refractivity contribution in [3.63, 3.8) is 0 Å². The van der Waals surface area contributed by atoms with E-state index in [9.17, 15) is 4.79 Å². The summed E-state index contributed by atoms with van der Waals surface area (Å²) in [6.45, 7) is 11.8. The Morgan fingerprint density at radius 2 is 1.78 bits per heavy atom. The Morgan fingerprint density at radius 3 is 2.50 bits per heavy atom. The van der Waals surface area contributed by atoms with Crippen molar-refractivity contribution in [3.05, 3.63) is 54.0 Å². The number of hydrogen-bond donors (Lipinski definition) is 1. The van der Waals surface area contributed by atoms with Gasteiger partial charge in [0.2, 0.25) is 5.91 Å². The summed E-state index contributed by atoms with van der Waals surface area (Å²) in [6.07, 6.45) is 4.02. The highest BCUT2D eigenvalue weighted by molar-refractivity contribution is 5.78. The molecule has 1 saturated heterocycles. The maximum atomic E-state index is 12.4. The first-order valence-corrected chi connectivity index (χ1v) is 11.8. The summed E-state index contributed by atoms with van der Waals surface area (Å²) in [5.74, 6) is 1.07. The highest BCUT2D eigenvalue weighted by Crippen LogP contribution is 2.20. The molecule has 3 aromatic rings. The minimum atomic E-state index is 0.0811. The van der Waals surface area contributed by atoms with Crippen LogP contribution in [0.2, 0.25) is 0 Å². The van der Waals surface area contributed by atoms with Gasteiger partial charge in [-0.05, 0) is 49.3 Å². The van der Waals surface area contributed by atoms with Gasteiger partial charge in [0.25, 0.3) is 0 Å². The third kappa shape index (κ3) is 5.34. The second-order valence-corrected chi connectivity index (χ2v) is 8.39. The highest BCUT2D eigenvalue weighted by atomic mass is 16.1. The van der Waals surface area contributed by atoms with Gasteiger partial charge in [-0.3, -0.25) is 9.36 Å². The number of hydrogen-bond acceptors (Lipinski definition) is 5. The van der Waals surface area contributed by atoms with E-state index in [1.54, 1.807) is 6.20 Å². The van der Waals surface area contributed by atoms with Crippen molar-refractivity contribution in [3.8, 4) is 5.69 Å². The lowest BCUT2D eigenvalue weighted by Gasteiger charge is -2.33. The molecule has 1 N–H and O–H groups in total. The number of aryl methyl sites for hydroxylation is 1. The molecule has 32 heavy (non-hydrogen) atoms. The fraction of sp³-hybridized carbons (Fsp3) is 0.480. The monoisotopic (exact) mass is 434 g/mol. The summed E-state index contributed by atoms with van der Waals surface area (Å²) in [5.41, 5.74) is 3.80. The fourth-order valence-electron chi connectivity index (χ4n) is 4.34. The molecule has 7 nitrogen and oxygen atoms in total. The SMILES string of the molecule is CCc1nc2cccnc2n1-c1ccc(CC(=O)NCCCN2CCN(CC)CC2)cc1. The molecule has 0 unspecified atom stereocenters. The third-order valence-electron chi connectivity index (χ3n) is 6.25. The second-order valence-electron chi connectivity index (χ2n) is 8.39. The molecule has 0 aliphatic carbocycles. The zero-order valence-corrected chi connectivity index (χ0v) is 19.3. The number of benzene rings is 1. The van der Waals surface area contributed by atoms with Gasteiger partial charge in [-0.2, -0.15) is 0 Å². The number of nitrogens with one attached hydrogen (secondary N) is 1. The van der Waals surface area contributed by atoms with Crippen LogP contribution in [0.15, 0.2) is 42.6 Å². The largest absolute Gasteiger partial charge is 0.356 e. The van der Waals surface area contributed by atoms with E-state index in [4.69, 9.17) is 4.98 Å². The van der Waals surface area contributed by atoms with Gasteiger partial charge < -0.3 is 15.1 Å². The van der Waals surface area contributed by atoms with Gasteiger partial charge in [-0.25, -0.2) is 9.97 Å².